The van der Waals surface area contributed by atoms with Crippen LogP contribution in [0.25, 0.3) is 0 Å². The number of hydrogen-bond donors (Lipinski definition) is 1. The van der Waals surface area contributed by atoms with Gasteiger partial charge in [-0.3, -0.25) is 4.79 Å². The van der Waals surface area contributed by atoms with Crippen LogP contribution >= 0.6 is 23.2 Å². The largest absolute Gasteiger partial charge is 0.493 e. The molecule has 1 amide bonds. The van der Waals surface area contributed by atoms with Gasteiger partial charge >= 0.3 is 0 Å². The molecule has 1 heterocycles. The first-order valence-corrected chi connectivity index (χ1v) is 7.18. The third-order valence-corrected chi connectivity index (χ3v) is 3.42. The highest BCUT2D eigenvalue weighted by molar-refractivity contribution is 6.33. The Labute approximate surface area is 143 Å². The Morgan fingerprint density at radius 3 is 2.74 bits per heavy atom. The first-order chi connectivity index (χ1) is 11.1. The zero-order valence-corrected chi connectivity index (χ0v) is 13.9. The molecule has 0 saturated heterocycles. The Morgan fingerprint density at radius 1 is 1.30 bits per heavy atom. The fourth-order valence-corrected chi connectivity index (χ4v) is 2.29. The van der Waals surface area contributed by atoms with E-state index in [2.05, 4.69) is 15.5 Å². The molecule has 1 aromatic carbocycles. The average molecular weight is 354 g/mol. The van der Waals surface area contributed by atoms with Crippen molar-refractivity contribution in [2.75, 3.05) is 14.2 Å². The van der Waals surface area contributed by atoms with Gasteiger partial charge in [0.05, 0.1) is 31.0 Å². The minimum absolute atomic E-state index is 0.106. The molecular formula is C15H13Cl2N3O3. The van der Waals surface area contributed by atoms with Gasteiger partial charge in [0, 0.05) is 6.20 Å². The second-order valence-corrected chi connectivity index (χ2v) is 5.04. The number of halogens is 2. The number of ether oxygens (including phenoxy) is 2. The van der Waals surface area contributed by atoms with E-state index in [9.17, 15) is 4.79 Å². The molecule has 2 aromatic rings. The summed E-state index contributed by atoms with van der Waals surface area (Å²) in [5.41, 5.74) is 3.23. The second kappa shape index (κ2) is 7.80. The molecule has 0 bridgehead atoms. The lowest BCUT2D eigenvalue weighted by Crippen LogP contribution is -2.18. The average Bonchev–Trinajstić information content (AvgIpc) is 2.54. The van der Waals surface area contributed by atoms with Crippen LogP contribution in [0.5, 0.6) is 11.5 Å². The van der Waals surface area contributed by atoms with Crippen LogP contribution in [0.3, 0.4) is 0 Å². The lowest BCUT2D eigenvalue weighted by Gasteiger charge is -2.09. The number of rotatable bonds is 5. The number of pyridine rings is 1. The highest BCUT2D eigenvalue weighted by Crippen LogP contribution is 2.35. The minimum atomic E-state index is -0.467. The lowest BCUT2D eigenvalue weighted by atomic mass is 10.2. The zero-order chi connectivity index (χ0) is 16.8. The molecule has 0 spiro atoms. The van der Waals surface area contributed by atoms with Gasteiger partial charge in [-0.25, -0.2) is 10.4 Å². The van der Waals surface area contributed by atoms with Crippen LogP contribution in [0.2, 0.25) is 10.2 Å². The molecule has 0 fully saturated rings. The standard InChI is InChI=1S/C15H13Cl2N3O3/c1-22-12-7-9(6-11(16)13(12)23-2)8-19-20-15(21)10-4-3-5-18-14(10)17/h3-8H,1-2H3,(H,20,21). The molecule has 0 saturated carbocycles. The monoisotopic (exact) mass is 353 g/mol. The van der Waals surface area contributed by atoms with E-state index < -0.39 is 5.91 Å². The number of methoxy groups -OCH3 is 2. The minimum Gasteiger partial charge on any atom is -0.493 e. The third kappa shape index (κ3) is 4.12. The maximum atomic E-state index is 11.9. The zero-order valence-electron chi connectivity index (χ0n) is 12.3. The van der Waals surface area contributed by atoms with Crippen molar-refractivity contribution in [3.8, 4) is 11.5 Å². The molecular weight excluding hydrogens is 341 g/mol. The molecule has 23 heavy (non-hydrogen) atoms. The number of amides is 1. The van der Waals surface area contributed by atoms with Crippen LogP contribution in [0.4, 0.5) is 0 Å². The number of hydrazone groups is 1. The van der Waals surface area contributed by atoms with Gasteiger partial charge in [-0.2, -0.15) is 5.10 Å². The Kier molecular flexibility index (Phi) is 5.78. The van der Waals surface area contributed by atoms with E-state index in [0.29, 0.717) is 22.1 Å². The van der Waals surface area contributed by atoms with Crippen molar-refractivity contribution < 1.29 is 14.3 Å². The lowest BCUT2D eigenvalue weighted by molar-refractivity contribution is 0.0955. The van der Waals surface area contributed by atoms with E-state index in [1.54, 1.807) is 24.3 Å². The number of carbonyl (C=O) groups is 1. The number of carbonyl (C=O) groups excluding carboxylic acids is 1. The molecule has 6 nitrogen and oxygen atoms in total. The predicted molar refractivity (Wildman–Crippen MR) is 88.9 cm³/mol. The molecule has 0 radical (unpaired) electrons. The van der Waals surface area contributed by atoms with Crippen LogP contribution < -0.4 is 14.9 Å². The van der Waals surface area contributed by atoms with Gasteiger partial charge in [0.15, 0.2) is 11.5 Å². The van der Waals surface area contributed by atoms with Gasteiger partial charge in [-0.1, -0.05) is 23.2 Å². The van der Waals surface area contributed by atoms with Crippen molar-refractivity contribution in [1.82, 2.24) is 10.4 Å². The van der Waals surface area contributed by atoms with Gasteiger partial charge in [0.2, 0.25) is 0 Å². The molecule has 1 aromatic heterocycles. The quantitative estimate of drug-likeness (QED) is 0.509. The highest BCUT2D eigenvalue weighted by Gasteiger charge is 2.11. The van der Waals surface area contributed by atoms with E-state index >= 15 is 0 Å². The molecule has 0 aliphatic carbocycles. The summed E-state index contributed by atoms with van der Waals surface area (Å²) in [6.45, 7) is 0. The third-order valence-electron chi connectivity index (χ3n) is 2.84. The van der Waals surface area contributed by atoms with Gasteiger partial charge < -0.3 is 9.47 Å². The number of hydrogen-bond acceptors (Lipinski definition) is 5. The summed E-state index contributed by atoms with van der Waals surface area (Å²) in [5.74, 6) is 0.423. The van der Waals surface area contributed by atoms with Crippen molar-refractivity contribution in [3.05, 3.63) is 51.8 Å². The van der Waals surface area contributed by atoms with Gasteiger partial charge in [-0.05, 0) is 29.8 Å². The van der Waals surface area contributed by atoms with Crippen molar-refractivity contribution in [2.45, 2.75) is 0 Å². The summed E-state index contributed by atoms with van der Waals surface area (Å²) >= 11 is 11.9. The van der Waals surface area contributed by atoms with Crippen molar-refractivity contribution in [2.24, 2.45) is 5.10 Å². The van der Waals surface area contributed by atoms with E-state index in [0.717, 1.165) is 0 Å². The molecule has 0 aliphatic rings. The van der Waals surface area contributed by atoms with Crippen LogP contribution in [-0.2, 0) is 0 Å². The summed E-state index contributed by atoms with van der Waals surface area (Å²) in [6.07, 6.45) is 2.92. The molecule has 0 aliphatic heterocycles. The van der Waals surface area contributed by atoms with Crippen molar-refractivity contribution in [1.29, 1.82) is 0 Å². The Bertz CT molecular complexity index is 751. The molecule has 120 valence electrons. The topological polar surface area (TPSA) is 72.8 Å². The van der Waals surface area contributed by atoms with Crippen molar-refractivity contribution >= 4 is 35.3 Å². The van der Waals surface area contributed by atoms with Crippen molar-refractivity contribution in [3.63, 3.8) is 0 Å². The summed E-state index contributed by atoms with van der Waals surface area (Å²) in [4.78, 5) is 15.8. The highest BCUT2D eigenvalue weighted by atomic mass is 35.5. The summed E-state index contributed by atoms with van der Waals surface area (Å²) in [5, 5.41) is 4.34. The molecule has 0 unspecified atom stereocenters. The normalized spacial score (nSPS) is 10.6. The number of nitrogens with one attached hydrogen (secondary N) is 1. The summed E-state index contributed by atoms with van der Waals surface area (Å²) in [7, 11) is 3.00. The number of aromatic nitrogens is 1. The van der Waals surface area contributed by atoms with Gasteiger partial charge in [0.25, 0.3) is 5.91 Å². The molecule has 0 atom stereocenters. The SMILES string of the molecule is COc1cc(C=NNC(=O)c2cccnc2Cl)cc(Cl)c1OC. The van der Waals surface area contributed by atoms with Crippen LogP contribution in [0.15, 0.2) is 35.6 Å². The summed E-state index contributed by atoms with van der Waals surface area (Å²) < 4.78 is 10.3. The number of nitrogens with zero attached hydrogens (tertiary/aromatic N) is 2. The van der Waals surface area contributed by atoms with E-state index in [4.69, 9.17) is 32.7 Å². The van der Waals surface area contributed by atoms with E-state index in [-0.39, 0.29) is 10.7 Å². The molecule has 1 N–H and O–H groups in total. The maximum absolute atomic E-state index is 11.9. The second-order valence-electron chi connectivity index (χ2n) is 4.28. The van der Waals surface area contributed by atoms with E-state index in [1.807, 2.05) is 0 Å². The fraction of sp³-hybridized carbons (Fsp3) is 0.133. The van der Waals surface area contributed by atoms with Crippen LogP contribution in [0, 0.1) is 0 Å². The Morgan fingerprint density at radius 2 is 2.09 bits per heavy atom. The first kappa shape index (κ1) is 17.1. The smallest absolute Gasteiger partial charge is 0.274 e. The van der Waals surface area contributed by atoms with E-state index in [1.165, 1.54) is 26.6 Å². The molecule has 2 rings (SSSR count). The first-order valence-electron chi connectivity index (χ1n) is 6.42. The molecule has 8 heteroatoms. The maximum Gasteiger partial charge on any atom is 0.274 e. The van der Waals surface area contributed by atoms with Crippen LogP contribution in [-0.4, -0.2) is 31.3 Å². The predicted octanol–water partition coefficient (Wildman–Crippen LogP) is 3.17. The Balaban J connectivity index is 2.13. The van der Waals surface area contributed by atoms with Gasteiger partial charge in [0.1, 0.15) is 5.15 Å². The summed E-state index contributed by atoms with van der Waals surface area (Å²) in [6, 6.07) is 6.47. The number of benzene rings is 1. The van der Waals surface area contributed by atoms with Crippen LogP contribution in [0.1, 0.15) is 15.9 Å². The Hall–Kier alpha value is -2.31. The van der Waals surface area contributed by atoms with Gasteiger partial charge in [-0.15, -0.1) is 0 Å². The fourth-order valence-electron chi connectivity index (χ4n) is 1.79.